The molecule has 128 valence electrons. The van der Waals surface area contributed by atoms with Gasteiger partial charge >= 0.3 is 0 Å². The lowest BCUT2D eigenvalue weighted by Gasteiger charge is -2.31. The first-order valence-electron chi connectivity index (χ1n) is 8.11. The zero-order chi connectivity index (χ0) is 17.4. The van der Waals surface area contributed by atoms with Crippen LogP contribution in [0.1, 0.15) is 0 Å². The second-order valence-electron chi connectivity index (χ2n) is 5.96. The van der Waals surface area contributed by atoms with Crippen molar-refractivity contribution in [1.82, 2.24) is 4.98 Å². The van der Waals surface area contributed by atoms with Gasteiger partial charge in [-0.25, -0.2) is 0 Å². The number of hydrogen-bond acceptors (Lipinski definition) is 4. The molecule has 1 fully saturated rings. The van der Waals surface area contributed by atoms with Crippen LogP contribution in [-0.4, -0.2) is 31.3 Å². The third-order valence-corrected chi connectivity index (χ3v) is 5.29. The SMILES string of the molecule is Nc1cnc2c(-c3cccc(Cl)c3Cl)cccc2c1N1CCOCC1. The van der Waals surface area contributed by atoms with Gasteiger partial charge in [0.25, 0.3) is 0 Å². The molecule has 0 atom stereocenters. The molecule has 0 unspecified atom stereocenters. The third kappa shape index (κ3) is 2.91. The molecule has 0 bridgehead atoms. The van der Waals surface area contributed by atoms with Crippen molar-refractivity contribution in [3.05, 3.63) is 52.6 Å². The maximum Gasteiger partial charge on any atom is 0.0803 e. The van der Waals surface area contributed by atoms with Crippen molar-refractivity contribution in [2.45, 2.75) is 0 Å². The summed E-state index contributed by atoms with van der Waals surface area (Å²) in [6.45, 7) is 3.02. The van der Waals surface area contributed by atoms with E-state index in [9.17, 15) is 0 Å². The lowest BCUT2D eigenvalue weighted by molar-refractivity contribution is 0.123. The number of benzene rings is 2. The molecular weight excluding hydrogens is 357 g/mol. The first-order valence-corrected chi connectivity index (χ1v) is 8.86. The molecule has 6 heteroatoms. The molecule has 4 rings (SSSR count). The van der Waals surface area contributed by atoms with Crippen molar-refractivity contribution in [3.8, 4) is 11.1 Å². The number of morpholine rings is 1. The number of rotatable bonds is 2. The van der Waals surface area contributed by atoms with Crippen LogP contribution in [0.25, 0.3) is 22.0 Å². The molecule has 25 heavy (non-hydrogen) atoms. The van der Waals surface area contributed by atoms with Gasteiger partial charge in [-0.05, 0) is 6.07 Å². The Kier molecular flexibility index (Phi) is 4.42. The zero-order valence-electron chi connectivity index (χ0n) is 13.5. The van der Waals surface area contributed by atoms with E-state index in [2.05, 4.69) is 9.88 Å². The molecule has 2 N–H and O–H groups in total. The van der Waals surface area contributed by atoms with Crippen LogP contribution in [0.15, 0.2) is 42.6 Å². The van der Waals surface area contributed by atoms with Crippen molar-refractivity contribution in [2.24, 2.45) is 0 Å². The van der Waals surface area contributed by atoms with Gasteiger partial charge in [-0.2, -0.15) is 0 Å². The summed E-state index contributed by atoms with van der Waals surface area (Å²) >= 11 is 12.6. The Hall–Kier alpha value is -2.01. The quantitative estimate of drug-likeness (QED) is 0.711. The second kappa shape index (κ2) is 6.71. The van der Waals surface area contributed by atoms with Gasteiger partial charge in [-0.15, -0.1) is 0 Å². The monoisotopic (exact) mass is 373 g/mol. The summed E-state index contributed by atoms with van der Waals surface area (Å²) < 4.78 is 5.46. The molecule has 0 radical (unpaired) electrons. The molecule has 3 aromatic rings. The second-order valence-corrected chi connectivity index (χ2v) is 6.75. The van der Waals surface area contributed by atoms with E-state index < -0.39 is 0 Å². The number of hydrogen-bond donors (Lipinski definition) is 1. The number of halogens is 2. The van der Waals surface area contributed by atoms with Gasteiger partial charge in [-0.1, -0.05) is 53.5 Å². The fourth-order valence-electron chi connectivity index (χ4n) is 3.29. The highest BCUT2D eigenvalue weighted by Gasteiger charge is 2.19. The van der Waals surface area contributed by atoms with Crippen LogP contribution in [0.5, 0.6) is 0 Å². The Bertz CT molecular complexity index is 939. The standard InChI is InChI=1S/C19H17Cl2N3O/c20-15-6-2-3-12(17(15)21)13-4-1-5-14-18(13)23-11-16(22)19(14)24-7-9-25-10-8-24/h1-6,11H,7-10,22H2. The number of aromatic nitrogens is 1. The molecule has 0 amide bonds. The Morgan fingerprint density at radius 2 is 1.72 bits per heavy atom. The predicted octanol–water partition coefficient (Wildman–Crippen LogP) is 4.63. The van der Waals surface area contributed by atoms with Crippen LogP contribution in [0, 0.1) is 0 Å². The van der Waals surface area contributed by atoms with Gasteiger partial charge in [0, 0.05) is 29.6 Å². The van der Waals surface area contributed by atoms with Crippen LogP contribution in [-0.2, 0) is 4.74 Å². The minimum atomic E-state index is 0.528. The number of anilines is 2. The van der Waals surface area contributed by atoms with Gasteiger partial charge in [0.15, 0.2) is 0 Å². The molecule has 2 aromatic carbocycles. The number of nitrogens with two attached hydrogens (primary N) is 1. The van der Waals surface area contributed by atoms with Crippen molar-refractivity contribution >= 4 is 45.5 Å². The van der Waals surface area contributed by atoms with E-state index in [0.29, 0.717) is 28.9 Å². The molecule has 4 nitrogen and oxygen atoms in total. The first kappa shape index (κ1) is 16.5. The van der Waals surface area contributed by atoms with Gasteiger partial charge in [0.2, 0.25) is 0 Å². The number of nitrogen functional groups attached to an aromatic ring is 1. The van der Waals surface area contributed by atoms with Crippen LogP contribution in [0.2, 0.25) is 10.0 Å². The van der Waals surface area contributed by atoms with E-state index in [0.717, 1.165) is 40.8 Å². The summed E-state index contributed by atoms with van der Waals surface area (Å²) in [6, 6.07) is 11.7. The van der Waals surface area contributed by atoms with E-state index in [1.54, 1.807) is 12.3 Å². The van der Waals surface area contributed by atoms with E-state index in [1.165, 1.54) is 0 Å². The molecule has 2 heterocycles. The van der Waals surface area contributed by atoms with Crippen LogP contribution < -0.4 is 10.6 Å². The van der Waals surface area contributed by atoms with Gasteiger partial charge in [-0.3, -0.25) is 4.98 Å². The lowest BCUT2D eigenvalue weighted by Crippen LogP contribution is -2.36. The highest BCUT2D eigenvalue weighted by atomic mass is 35.5. The minimum absolute atomic E-state index is 0.528. The smallest absolute Gasteiger partial charge is 0.0803 e. The van der Waals surface area contributed by atoms with E-state index >= 15 is 0 Å². The van der Waals surface area contributed by atoms with Crippen molar-refractivity contribution in [1.29, 1.82) is 0 Å². The molecule has 1 aromatic heterocycles. The van der Waals surface area contributed by atoms with E-state index in [-0.39, 0.29) is 0 Å². The summed E-state index contributed by atoms with van der Waals surface area (Å²) in [4.78, 5) is 6.85. The summed E-state index contributed by atoms with van der Waals surface area (Å²) in [5.41, 5.74) is 10.6. The Morgan fingerprint density at radius 1 is 1.00 bits per heavy atom. The molecule has 0 saturated carbocycles. The van der Waals surface area contributed by atoms with Crippen LogP contribution >= 0.6 is 23.2 Å². The van der Waals surface area contributed by atoms with Crippen molar-refractivity contribution in [2.75, 3.05) is 36.9 Å². The Labute approximate surface area is 156 Å². The molecular formula is C19H17Cl2N3O. The summed E-state index contributed by atoms with van der Waals surface area (Å²) in [5.74, 6) is 0. The lowest BCUT2D eigenvalue weighted by atomic mass is 10.0. The largest absolute Gasteiger partial charge is 0.396 e. The third-order valence-electron chi connectivity index (χ3n) is 4.47. The van der Waals surface area contributed by atoms with Crippen LogP contribution in [0.4, 0.5) is 11.4 Å². The maximum atomic E-state index is 6.44. The van der Waals surface area contributed by atoms with E-state index in [1.807, 2.05) is 30.3 Å². The average molecular weight is 374 g/mol. The highest BCUT2D eigenvalue weighted by Crippen LogP contribution is 2.40. The molecule has 1 aliphatic rings. The zero-order valence-corrected chi connectivity index (χ0v) is 15.0. The number of para-hydroxylation sites is 1. The van der Waals surface area contributed by atoms with Crippen molar-refractivity contribution < 1.29 is 4.74 Å². The molecule has 0 aliphatic carbocycles. The topological polar surface area (TPSA) is 51.4 Å². The predicted molar refractivity (Wildman–Crippen MR) is 105 cm³/mol. The number of nitrogens with zero attached hydrogens (tertiary/aromatic N) is 2. The number of pyridine rings is 1. The normalized spacial score (nSPS) is 14.9. The summed E-state index contributed by atoms with van der Waals surface area (Å²) in [6.07, 6.45) is 1.72. The average Bonchev–Trinajstić information content (AvgIpc) is 2.64. The minimum Gasteiger partial charge on any atom is -0.396 e. The van der Waals surface area contributed by atoms with E-state index in [4.69, 9.17) is 33.7 Å². The van der Waals surface area contributed by atoms with Gasteiger partial charge in [0.05, 0.1) is 46.3 Å². The summed E-state index contributed by atoms with van der Waals surface area (Å²) in [7, 11) is 0. The summed E-state index contributed by atoms with van der Waals surface area (Å²) in [5, 5.41) is 2.07. The fourth-order valence-corrected chi connectivity index (χ4v) is 3.70. The number of ether oxygens (including phenoxy) is 1. The first-order chi connectivity index (χ1) is 12.2. The van der Waals surface area contributed by atoms with Gasteiger partial charge < -0.3 is 15.4 Å². The molecule has 1 saturated heterocycles. The fraction of sp³-hybridized carbons (Fsp3) is 0.211. The van der Waals surface area contributed by atoms with Crippen molar-refractivity contribution in [3.63, 3.8) is 0 Å². The molecule has 0 spiro atoms. The highest BCUT2D eigenvalue weighted by molar-refractivity contribution is 6.44. The Morgan fingerprint density at radius 3 is 2.52 bits per heavy atom. The van der Waals surface area contributed by atoms with Gasteiger partial charge in [0.1, 0.15) is 0 Å². The Balaban J connectivity index is 1.95. The number of fused-ring (bicyclic) bond motifs is 1. The molecule has 1 aliphatic heterocycles. The maximum absolute atomic E-state index is 6.44. The van der Waals surface area contributed by atoms with Crippen LogP contribution in [0.3, 0.4) is 0 Å².